The van der Waals surface area contributed by atoms with Crippen LogP contribution in [0.5, 0.6) is 0 Å². The highest BCUT2D eigenvalue weighted by Gasteiger charge is 2.22. The summed E-state index contributed by atoms with van der Waals surface area (Å²) in [4.78, 5) is 0. The molecule has 0 aliphatic rings. The number of nitrogens with one attached hydrogen (secondary N) is 1. The minimum atomic E-state index is -3.46. The van der Waals surface area contributed by atoms with E-state index in [-0.39, 0.29) is 12.6 Å². The average Bonchev–Trinajstić information content (AvgIpc) is 2.28. The Morgan fingerprint density at radius 1 is 1.25 bits per heavy atom. The van der Waals surface area contributed by atoms with Gasteiger partial charge in [0.2, 0.25) is 10.0 Å². The smallest absolute Gasteiger partial charge is 0.217 e. The van der Waals surface area contributed by atoms with Crippen LogP contribution in [0.25, 0.3) is 0 Å². The fourth-order valence-electron chi connectivity index (χ4n) is 1.27. The van der Waals surface area contributed by atoms with Crippen LogP contribution in [-0.2, 0) is 10.0 Å². The van der Waals surface area contributed by atoms with Gasteiger partial charge >= 0.3 is 0 Å². The van der Waals surface area contributed by atoms with Crippen LogP contribution >= 0.6 is 0 Å². The van der Waals surface area contributed by atoms with Gasteiger partial charge in [0.25, 0.3) is 0 Å². The highest BCUT2D eigenvalue weighted by atomic mass is 32.2. The molecule has 0 amide bonds. The Morgan fingerprint density at radius 2 is 1.81 bits per heavy atom. The van der Waals surface area contributed by atoms with E-state index < -0.39 is 15.3 Å². The minimum Gasteiger partial charge on any atom is -0.395 e. The molecule has 0 aliphatic carbocycles. The van der Waals surface area contributed by atoms with Gasteiger partial charge in [-0.15, -0.1) is 0 Å². The fraction of sp³-hybridized carbons (Fsp3) is 0.455. The summed E-state index contributed by atoms with van der Waals surface area (Å²) in [6.45, 7) is 2.87. The lowest BCUT2D eigenvalue weighted by Gasteiger charge is -2.17. The molecule has 0 heterocycles. The molecular formula is C11H17NO3S. The number of rotatable bonds is 5. The molecule has 90 valence electrons. The Balaban J connectivity index is 2.76. The summed E-state index contributed by atoms with van der Waals surface area (Å²) in [5.74, 6) is 0. The fourth-order valence-corrected chi connectivity index (χ4v) is 2.33. The van der Waals surface area contributed by atoms with E-state index in [1.165, 1.54) is 6.92 Å². The standard InChI is InChI=1S/C11H17NO3S/c1-9(8-13)16(14,15)12-10(2)11-6-4-3-5-7-11/h3-7,9-10,12-13H,8H2,1-2H3. The SMILES string of the molecule is CC(NS(=O)(=O)C(C)CO)c1ccccc1. The lowest BCUT2D eigenvalue weighted by atomic mass is 10.1. The Kier molecular flexibility index (Phi) is 4.46. The number of benzene rings is 1. The molecule has 1 aromatic rings. The predicted octanol–water partition coefficient (Wildman–Crippen LogP) is 1.05. The number of aliphatic hydroxyl groups excluding tert-OH is 1. The van der Waals surface area contributed by atoms with Gasteiger partial charge in [-0.25, -0.2) is 13.1 Å². The van der Waals surface area contributed by atoms with Gasteiger partial charge in [0.1, 0.15) is 0 Å². The Hall–Kier alpha value is -0.910. The second kappa shape index (κ2) is 5.43. The van der Waals surface area contributed by atoms with Crippen molar-refractivity contribution in [2.45, 2.75) is 25.1 Å². The van der Waals surface area contributed by atoms with E-state index in [4.69, 9.17) is 5.11 Å². The first-order valence-electron chi connectivity index (χ1n) is 5.14. The molecule has 0 spiro atoms. The van der Waals surface area contributed by atoms with Gasteiger partial charge in [-0.1, -0.05) is 30.3 Å². The second-order valence-corrected chi connectivity index (χ2v) is 5.92. The van der Waals surface area contributed by atoms with Crippen molar-refractivity contribution in [1.82, 2.24) is 4.72 Å². The van der Waals surface area contributed by atoms with Gasteiger partial charge in [0, 0.05) is 6.04 Å². The van der Waals surface area contributed by atoms with Gasteiger partial charge in [-0.2, -0.15) is 0 Å². The molecule has 0 radical (unpaired) electrons. The van der Waals surface area contributed by atoms with Crippen molar-refractivity contribution in [2.75, 3.05) is 6.61 Å². The van der Waals surface area contributed by atoms with Gasteiger partial charge in [0.15, 0.2) is 0 Å². The topological polar surface area (TPSA) is 66.4 Å². The van der Waals surface area contributed by atoms with Crippen LogP contribution in [0.2, 0.25) is 0 Å². The van der Waals surface area contributed by atoms with Crippen LogP contribution in [-0.4, -0.2) is 25.4 Å². The van der Waals surface area contributed by atoms with Gasteiger partial charge in [-0.3, -0.25) is 0 Å². The third-order valence-corrected chi connectivity index (χ3v) is 4.32. The number of hydrogen-bond donors (Lipinski definition) is 2. The molecule has 0 aromatic heterocycles. The zero-order valence-corrected chi connectivity index (χ0v) is 10.2. The first-order chi connectivity index (χ1) is 7.47. The highest BCUT2D eigenvalue weighted by Crippen LogP contribution is 2.13. The molecular weight excluding hydrogens is 226 g/mol. The van der Waals surface area contributed by atoms with Crippen LogP contribution in [0.3, 0.4) is 0 Å². The van der Waals surface area contributed by atoms with E-state index in [0.29, 0.717) is 0 Å². The third-order valence-electron chi connectivity index (χ3n) is 2.43. The Bertz CT molecular complexity index is 416. The summed E-state index contributed by atoms with van der Waals surface area (Å²) in [6, 6.07) is 9.01. The molecule has 0 fully saturated rings. The number of aliphatic hydroxyl groups is 1. The predicted molar refractivity (Wildman–Crippen MR) is 63.5 cm³/mol. The molecule has 0 saturated heterocycles. The third kappa shape index (κ3) is 3.30. The van der Waals surface area contributed by atoms with Gasteiger partial charge in [-0.05, 0) is 19.4 Å². The Labute approximate surface area is 96.4 Å². The molecule has 2 atom stereocenters. The quantitative estimate of drug-likeness (QED) is 0.812. The number of hydrogen-bond acceptors (Lipinski definition) is 3. The van der Waals surface area contributed by atoms with Crippen LogP contribution < -0.4 is 4.72 Å². The zero-order chi connectivity index (χ0) is 12.2. The number of sulfonamides is 1. The van der Waals surface area contributed by atoms with Crippen molar-refractivity contribution in [3.8, 4) is 0 Å². The van der Waals surface area contributed by atoms with E-state index in [0.717, 1.165) is 5.56 Å². The summed E-state index contributed by atoms with van der Waals surface area (Å²) in [7, 11) is -3.46. The normalized spacial score (nSPS) is 15.7. The molecule has 0 saturated carbocycles. The molecule has 1 rings (SSSR count). The van der Waals surface area contributed by atoms with E-state index in [2.05, 4.69) is 4.72 Å². The van der Waals surface area contributed by atoms with E-state index in [9.17, 15) is 8.42 Å². The summed E-state index contributed by atoms with van der Waals surface area (Å²) < 4.78 is 25.9. The van der Waals surface area contributed by atoms with Gasteiger partial charge < -0.3 is 5.11 Å². The first-order valence-corrected chi connectivity index (χ1v) is 6.69. The molecule has 16 heavy (non-hydrogen) atoms. The second-order valence-electron chi connectivity index (χ2n) is 3.79. The maximum Gasteiger partial charge on any atom is 0.217 e. The van der Waals surface area contributed by atoms with Crippen molar-refractivity contribution in [2.24, 2.45) is 0 Å². The molecule has 0 aliphatic heterocycles. The summed E-state index contributed by atoms with van der Waals surface area (Å²) in [6.07, 6.45) is 0. The largest absolute Gasteiger partial charge is 0.395 e. The molecule has 5 heteroatoms. The van der Waals surface area contributed by atoms with Crippen LogP contribution in [0.15, 0.2) is 30.3 Å². The van der Waals surface area contributed by atoms with E-state index in [1.807, 2.05) is 30.3 Å². The van der Waals surface area contributed by atoms with Crippen LogP contribution in [0.1, 0.15) is 25.5 Å². The highest BCUT2D eigenvalue weighted by molar-refractivity contribution is 7.90. The molecule has 0 bridgehead atoms. The van der Waals surface area contributed by atoms with Crippen LogP contribution in [0, 0.1) is 0 Å². The Morgan fingerprint density at radius 3 is 2.31 bits per heavy atom. The van der Waals surface area contributed by atoms with Crippen molar-refractivity contribution in [3.63, 3.8) is 0 Å². The van der Waals surface area contributed by atoms with Gasteiger partial charge in [0.05, 0.1) is 11.9 Å². The van der Waals surface area contributed by atoms with Crippen molar-refractivity contribution < 1.29 is 13.5 Å². The summed E-state index contributed by atoms with van der Waals surface area (Å²) in [5, 5.41) is 8.04. The van der Waals surface area contributed by atoms with Crippen molar-refractivity contribution in [3.05, 3.63) is 35.9 Å². The van der Waals surface area contributed by atoms with E-state index in [1.54, 1.807) is 6.92 Å². The lowest BCUT2D eigenvalue weighted by molar-refractivity contribution is 0.294. The monoisotopic (exact) mass is 243 g/mol. The van der Waals surface area contributed by atoms with E-state index >= 15 is 0 Å². The molecule has 4 nitrogen and oxygen atoms in total. The van der Waals surface area contributed by atoms with Crippen molar-refractivity contribution >= 4 is 10.0 Å². The summed E-state index contributed by atoms with van der Waals surface area (Å²) >= 11 is 0. The molecule has 1 aromatic carbocycles. The lowest BCUT2D eigenvalue weighted by Crippen LogP contribution is -2.36. The van der Waals surface area contributed by atoms with Crippen LogP contribution in [0.4, 0.5) is 0 Å². The summed E-state index contributed by atoms with van der Waals surface area (Å²) in [5.41, 5.74) is 0.899. The minimum absolute atomic E-state index is 0.291. The maximum atomic E-state index is 11.7. The molecule has 2 unspecified atom stereocenters. The van der Waals surface area contributed by atoms with Crippen molar-refractivity contribution in [1.29, 1.82) is 0 Å². The zero-order valence-electron chi connectivity index (χ0n) is 9.42. The maximum absolute atomic E-state index is 11.7. The molecule has 2 N–H and O–H groups in total. The first kappa shape index (κ1) is 13.2. The average molecular weight is 243 g/mol.